The number of carbonyl (C=O) groups is 3. The minimum absolute atomic E-state index is 0.209. The summed E-state index contributed by atoms with van der Waals surface area (Å²) in [6.45, 7) is 5.15. The van der Waals surface area contributed by atoms with Gasteiger partial charge in [-0.05, 0) is 50.1 Å². The van der Waals surface area contributed by atoms with Gasteiger partial charge in [0.05, 0.1) is 12.1 Å². The zero-order valence-electron chi connectivity index (χ0n) is 17.5. The van der Waals surface area contributed by atoms with Crippen molar-refractivity contribution < 1.29 is 19.1 Å². The van der Waals surface area contributed by atoms with Gasteiger partial charge >= 0.3 is 5.97 Å². The number of aryl methyl sites for hydroxylation is 3. The molecule has 2 N–H and O–H groups in total. The first-order valence-electron chi connectivity index (χ1n) is 9.26. The lowest BCUT2D eigenvalue weighted by Gasteiger charge is -2.14. The maximum absolute atomic E-state index is 12.1. The second-order valence-electron chi connectivity index (χ2n) is 7.12. The summed E-state index contributed by atoms with van der Waals surface area (Å²) in [5.74, 6) is -1.49. The first-order valence-corrected chi connectivity index (χ1v) is 9.26. The van der Waals surface area contributed by atoms with Crippen molar-refractivity contribution in [3.05, 3.63) is 58.7 Å². The molecule has 2 aromatic carbocycles. The largest absolute Gasteiger partial charge is 0.452 e. The maximum atomic E-state index is 12.1. The fraction of sp³-hybridized carbons (Fsp3) is 0.318. The summed E-state index contributed by atoms with van der Waals surface area (Å²) in [7, 11) is 3.73. The van der Waals surface area contributed by atoms with Crippen molar-refractivity contribution in [2.75, 3.05) is 37.5 Å². The Morgan fingerprint density at radius 2 is 1.62 bits per heavy atom. The van der Waals surface area contributed by atoms with Crippen molar-refractivity contribution in [1.29, 1.82) is 0 Å². The van der Waals surface area contributed by atoms with Gasteiger partial charge in [0.1, 0.15) is 0 Å². The van der Waals surface area contributed by atoms with Crippen LogP contribution in [0.4, 0.5) is 11.4 Å². The molecule has 7 heteroatoms. The predicted molar refractivity (Wildman–Crippen MR) is 113 cm³/mol. The van der Waals surface area contributed by atoms with Gasteiger partial charge < -0.3 is 20.3 Å². The van der Waals surface area contributed by atoms with E-state index in [-0.39, 0.29) is 12.5 Å². The average molecular weight is 397 g/mol. The molecule has 0 spiro atoms. The number of anilines is 2. The van der Waals surface area contributed by atoms with Crippen LogP contribution in [0.15, 0.2) is 36.4 Å². The van der Waals surface area contributed by atoms with E-state index >= 15 is 0 Å². The van der Waals surface area contributed by atoms with Crippen LogP contribution in [0.1, 0.15) is 27.0 Å². The fourth-order valence-electron chi connectivity index (χ4n) is 2.92. The third kappa shape index (κ3) is 6.34. The SMILES string of the molecule is Cc1cc(C)c(NC(=O)CNC(=O)COC(=O)c2cccc(N(C)C)c2)c(C)c1. The zero-order valence-corrected chi connectivity index (χ0v) is 17.5. The number of nitrogens with zero attached hydrogens (tertiary/aromatic N) is 1. The molecule has 0 saturated heterocycles. The molecule has 0 atom stereocenters. The summed E-state index contributed by atoms with van der Waals surface area (Å²) < 4.78 is 5.03. The molecule has 2 amide bonds. The molecule has 0 heterocycles. The minimum Gasteiger partial charge on any atom is -0.452 e. The van der Waals surface area contributed by atoms with Crippen molar-refractivity contribution in [3.8, 4) is 0 Å². The van der Waals surface area contributed by atoms with Gasteiger partial charge in [-0.3, -0.25) is 9.59 Å². The molecule has 154 valence electrons. The van der Waals surface area contributed by atoms with E-state index in [1.807, 2.05) is 58.0 Å². The lowest BCUT2D eigenvalue weighted by atomic mass is 10.1. The Kier molecular flexibility index (Phi) is 7.36. The molecule has 0 radical (unpaired) electrons. The van der Waals surface area contributed by atoms with Crippen LogP contribution in [-0.4, -0.2) is 45.0 Å². The van der Waals surface area contributed by atoms with Gasteiger partial charge in [0.25, 0.3) is 5.91 Å². The van der Waals surface area contributed by atoms with Crippen molar-refractivity contribution in [2.45, 2.75) is 20.8 Å². The number of nitrogens with one attached hydrogen (secondary N) is 2. The molecular weight excluding hydrogens is 370 g/mol. The van der Waals surface area contributed by atoms with Crippen LogP contribution in [0, 0.1) is 20.8 Å². The molecule has 0 aliphatic heterocycles. The quantitative estimate of drug-likeness (QED) is 0.701. The van der Waals surface area contributed by atoms with Crippen LogP contribution < -0.4 is 15.5 Å². The Balaban J connectivity index is 1.82. The van der Waals surface area contributed by atoms with E-state index in [2.05, 4.69) is 10.6 Å². The second kappa shape index (κ2) is 9.73. The first kappa shape index (κ1) is 21.9. The summed E-state index contributed by atoms with van der Waals surface area (Å²) in [6.07, 6.45) is 0. The summed E-state index contributed by atoms with van der Waals surface area (Å²) in [5.41, 5.74) is 4.97. The van der Waals surface area contributed by atoms with E-state index in [0.29, 0.717) is 5.56 Å². The van der Waals surface area contributed by atoms with Crippen molar-refractivity contribution in [1.82, 2.24) is 5.32 Å². The number of carbonyl (C=O) groups excluding carboxylic acids is 3. The smallest absolute Gasteiger partial charge is 0.338 e. The molecule has 2 rings (SSSR count). The third-order valence-corrected chi connectivity index (χ3v) is 4.32. The van der Waals surface area contributed by atoms with Gasteiger partial charge in [-0.1, -0.05) is 23.8 Å². The highest BCUT2D eigenvalue weighted by atomic mass is 16.5. The second-order valence-corrected chi connectivity index (χ2v) is 7.12. The Morgan fingerprint density at radius 1 is 0.966 bits per heavy atom. The highest BCUT2D eigenvalue weighted by Gasteiger charge is 2.13. The molecular formula is C22H27N3O4. The first-order chi connectivity index (χ1) is 13.7. The van der Waals surface area contributed by atoms with E-state index in [0.717, 1.165) is 28.1 Å². The van der Waals surface area contributed by atoms with Crippen LogP contribution >= 0.6 is 0 Å². The van der Waals surface area contributed by atoms with Gasteiger partial charge in [0.2, 0.25) is 5.91 Å². The summed E-state index contributed by atoms with van der Waals surface area (Å²) in [4.78, 5) is 38.0. The van der Waals surface area contributed by atoms with Gasteiger partial charge in [-0.25, -0.2) is 4.79 Å². The van der Waals surface area contributed by atoms with E-state index in [1.54, 1.807) is 18.2 Å². The summed E-state index contributed by atoms with van der Waals surface area (Å²) >= 11 is 0. The Labute approximate surface area is 171 Å². The predicted octanol–water partition coefficient (Wildman–Crippen LogP) is 2.59. The van der Waals surface area contributed by atoms with Crippen LogP contribution in [0.2, 0.25) is 0 Å². The number of benzene rings is 2. The molecule has 0 unspecified atom stereocenters. The molecule has 0 fully saturated rings. The molecule has 0 aliphatic carbocycles. The maximum Gasteiger partial charge on any atom is 0.338 e. The molecule has 0 aromatic heterocycles. The van der Waals surface area contributed by atoms with Crippen LogP contribution in [-0.2, 0) is 14.3 Å². The van der Waals surface area contributed by atoms with Crippen molar-refractivity contribution in [3.63, 3.8) is 0 Å². The van der Waals surface area contributed by atoms with E-state index in [4.69, 9.17) is 4.74 Å². The number of ether oxygens (including phenoxy) is 1. The number of amides is 2. The van der Waals surface area contributed by atoms with E-state index < -0.39 is 18.5 Å². The number of hydrogen-bond donors (Lipinski definition) is 2. The fourth-order valence-corrected chi connectivity index (χ4v) is 2.92. The highest BCUT2D eigenvalue weighted by Crippen LogP contribution is 2.21. The Hall–Kier alpha value is -3.35. The summed E-state index contributed by atoms with van der Waals surface area (Å²) in [6, 6.07) is 10.9. The molecule has 29 heavy (non-hydrogen) atoms. The van der Waals surface area contributed by atoms with Crippen molar-refractivity contribution >= 4 is 29.2 Å². The third-order valence-electron chi connectivity index (χ3n) is 4.32. The monoisotopic (exact) mass is 397 g/mol. The molecule has 7 nitrogen and oxygen atoms in total. The van der Waals surface area contributed by atoms with Gasteiger partial charge in [0.15, 0.2) is 6.61 Å². The van der Waals surface area contributed by atoms with E-state index in [1.165, 1.54) is 0 Å². The lowest BCUT2D eigenvalue weighted by molar-refractivity contribution is -0.126. The standard InChI is InChI=1S/C22H27N3O4/c1-14-9-15(2)21(16(3)10-14)24-19(26)12-23-20(27)13-29-22(28)17-7-6-8-18(11-17)25(4)5/h6-11H,12-13H2,1-5H3,(H,23,27)(H,24,26). The average Bonchev–Trinajstić information content (AvgIpc) is 2.67. The van der Waals surface area contributed by atoms with Crippen molar-refractivity contribution in [2.24, 2.45) is 0 Å². The van der Waals surface area contributed by atoms with Crippen LogP contribution in [0.3, 0.4) is 0 Å². The summed E-state index contributed by atoms with van der Waals surface area (Å²) in [5, 5.41) is 5.26. The highest BCUT2D eigenvalue weighted by molar-refractivity contribution is 5.96. The van der Waals surface area contributed by atoms with Crippen LogP contribution in [0.25, 0.3) is 0 Å². The normalized spacial score (nSPS) is 10.2. The minimum atomic E-state index is -0.598. The molecule has 0 saturated carbocycles. The number of esters is 1. The van der Waals surface area contributed by atoms with Gasteiger partial charge in [-0.15, -0.1) is 0 Å². The van der Waals surface area contributed by atoms with E-state index in [9.17, 15) is 14.4 Å². The molecule has 0 aliphatic rings. The lowest BCUT2D eigenvalue weighted by Crippen LogP contribution is -2.35. The molecule has 2 aromatic rings. The van der Waals surface area contributed by atoms with Crippen LogP contribution in [0.5, 0.6) is 0 Å². The topological polar surface area (TPSA) is 87.7 Å². The molecule has 0 bridgehead atoms. The van der Waals surface area contributed by atoms with Gasteiger partial charge in [0, 0.05) is 25.5 Å². The van der Waals surface area contributed by atoms with Gasteiger partial charge in [-0.2, -0.15) is 0 Å². The number of rotatable bonds is 7. The Morgan fingerprint density at radius 3 is 2.24 bits per heavy atom. The zero-order chi connectivity index (χ0) is 21.6. The number of hydrogen-bond acceptors (Lipinski definition) is 5. The Bertz CT molecular complexity index is 899.